The summed E-state index contributed by atoms with van der Waals surface area (Å²) in [6.07, 6.45) is 2.28. The number of halogens is 2. The number of nitrogens with two attached hydrogens (primary N) is 1. The minimum atomic E-state index is -0.135. The first-order valence-electron chi connectivity index (χ1n) is 5.31. The van der Waals surface area contributed by atoms with Crippen LogP contribution in [-0.2, 0) is 6.42 Å². The van der Waals surface area contributed by atoms with E-state index in [1.165, 1.54) is 0 Å². The second-order valence-electron chi connectivity index (χ2n) is 3.98. The number of rotatable bonds is 3. The van der Waals surface area contributed by atoms with Gasteiger partial charge in [-0.3, -0.25) is 0 Å². The van der Waals surface area contributed by atoms with Gasteiger partial charge in [0.15, 0.2) is 0 Å². The zero-order chi connectivity index (χ0) is 12.4. The highest BCUT2D eigenvalue weighted by Gasteiger charge is 2.13. The van der Waals surface area contributed by atoms with Crippen LogP contribution in [0.15, 0.2) is 34.9 Å². The Morgan fingerprint density at radius 3 is 2.71 bits per heavy atom. The van der Waals surface area contributed by atoms with Gasteiger partial charge >= 0.3 is 0 Å². The van der Waals surface area contributed by atoms with Crippen molar-refractivity contribution >= 4 is 23.2 Å². The lowest BCUT2D eigenvalue weighted by Gasteiger charge is -2.12. The summed E-state index contributed by atoms with van der Waals surface area (Å²) in [6.45, 7) is 1.90. The van der Waals surface area contributed by atoms with E-state index in [0.29, 0.717) is 16.5 Å². The number of aryl methyl sites for hydroxylation is 1. The Bertz CT molecular complexity index is 522. The molecule has 0 spiro atoms. The van der Waals surface area contributed by atoms with Crippen LogP contribution in [0.3, 0.4) is 0 Å². The summed E-state index contributed by atoms with van der Waals surface area (Å²) in [5.41, 5.74) is 8.08. The van der Waals surface area contributed by atoms with E-state index in [4.69, 9.17) is 33.4 Å². The van der Waals surface area contributed by atoms with Crippen molar-refractivity contribution in [1.82, 2.24) is 0 Å². The molecule has 0 aliphatic rings. The third-order valence-corrected chi connectivity index (χ3v) is 3.35. The van der Waals surface area contributed by atoms with Crippen molar-refractivity contribution in [1.29, 1.82) is 0 Å². The van der Waals surface area contributed by atoms with Gasteiger partial charge in [0.1, 0.15) is 5.76 Å². The maximum atomic E-state index is 6.13. The predicted molar refractivity (Wildman–Crippen MR) is 70.5 cm³/mol. The standard InChI is InChI=1S/C13H13Cl2NO/c1-8-11(4-5-17-8)13(16)7-9-6-10(14)2-3-12(9)15/h2-6,13H,7,16H2,1H3. The minimum Gasteiger partial charge on any atom is -0.469 e. The maximum Gasteiger partial charge on any atom is 0.105 e. The fraction of sp³-hybridized carbons (Fsp3) is 0.231. The molecule has 2 rings (SSSR count). The molecule has 2 N–H and O–H groups in total. The maximum absolute atomic E-state index is 6.13. The van der Waals surface area contributed by atoms with E-state index in [0.717, 1.165) is 16.9 Å². The van der Waals surface area contributed by atoms with Crippen LogP contribution in [0, 0.1) is 6.92 Å². The normalized spacial score (nSPS) is 12.7. The van der Waals surface area contributed by atoms with Gasteiger partial charge in [0.25, 0.3) is 0 Å². The average Bonchev–Trinajstić information content (AvgIpc) is 2.70. The van der Waals surface area contributed by atoms with Gasteiger partial charge < -0.3 is 10.2 Å². The van der Waals surface area contributed by atoms with Gasteiger partial charge in [-0.05, 0) is 43.2 Å². The van der Waals surface area contributed by atoms with Crippen LogP contribution in [0.1, 0.15) is 22.9 Å². The molecule has 2 aromatic rings. The fourth-order valence-corrected chi connectivity index (χ4v) is 2.22. The molecule has 1 atom stereocenters. The molecule has 2 nitrogen and oxygen atoms in total. The Morgan fingerprint density at radius 1 is 1.29 bits per heavy atom. The first kappa shape index (κ1) is 12.5. The number of hydrogen-bond donors (Lipinski definition) is 1. The Morgan fingerprint density at radius 2 is 2.06 bits per heavy atom. The summed E-state index contributed by atoms with van der Waals surface area (Å²) < 4.78 is 5.24. The van der Waals surface area contributed by atoms with E-state index in [-0.39, 0.29) is 6.04 Å². The van der Waals surface area contributed by atoms with E-state index in [9.17, 15) is 0 Å². The molecule has 0 saturated carbocycles. The molecule has 0 aliphatic heterocycles. The van der Waals surface area contributed by atoms with E-state index in [1.807, 2.05) is 19.1 Å². The summed E-state index contributed by atoms with van der Waals surface area (Å²) in [5, 5.41) is 1.35. The molecule has 0 bridgehead atoms. The summed E-state index contributed by atoms with van der Waals surface area (Å²) in [6, 6.07) is 7.15. The van der Waals surface area contributed by atoms with Crippen molar-refractivity contribution < 1.29 is 4.42 Å². The average molecular weight is 270 g/mol. The van der Waals surface area contributed by atoms with E-state index < -0.39 is 0 Å². The molecule has 1 aromatic carbocycles. The highest BCUT2D eigenvalue weighted by atomic mass is 35.5. The monoisotopic (exact) mass is 269 g/mol. The largest absolute Gasteiger partial charge is 0.469 e. The zero-order valence-corrected chi connectivity index (χ0v) is 10.9. The van der Waals surface area contributed by atoms with Crippen molar-refractivity contribution in [3.8, 4) is 0 Å². The highest BCUT2D eigenvalue weighted by Crippen LogP contribution is 2.26. The Balaban J connectivity index is 2.21. The van der Waals surface area contributed by atoms with Crippen LogP contribution in [0.4, 0.5) is 0 Å². The minimum absolute atomic E-state index is 0.135. The van der Waals surface area contributed by atoms with Gasteiger partial charge in [-0.15, -0.1) is 0 Å². The van der Waals surface area contributed by atoms with Crippen molar-refractivity contribution in [2.24, 2.45) is 5.73 Å². The quantitative estimate of drug-likeness (QED) is 0.910. The third-order valence-electron chi connectivity index (χ3n) is 2.75. The molecule has 1 unspecified atom stereocenters. The molecule has 0 amide bonds. The molecule has 0 fully saturated rings. The van der Waals surface area contributed by atoms with E-state index >= 15 is 0 Å². The van der Waals surface area contributed by atoms with Gasteiger partial charge in [0, 0.05) is 21.7 Å². The van der Waals surface area contributed by atoms with Crippen LogP contribution in [-0.4, -0.2) is 0 Å². The molecule has 4 heteroatoms. The molecule has 0 saturated heterocycles. The molecule has 0 radical (unpaired) electrons. The van der Waals surface area contributed by atoms with E-state index in [2.05, 4.69) is 0 Å². The molecule has 0 aliphatic carbocycles. The first-order valence-corrected chi connectivity index (χ1v) is 6.07. The lowest BCUT2D eigenvalue weighted by molar-refractivity contribution is 0.524. The summed E-state index contributed by atoms with van der Waals surface area (Å²) >= 11 is 12.0. The number of furan rings is 1. The van der Waals surface area contributed by atoms with Crippen molar-refractivity contribution in [2.75, 3.05) is 0 Å². The molecule has 1 aromatic heterocycles. The van der Waals surface area contributed by atoms with Crippen LogP contribution < -0.4 is 5.73 Å². The fourth-order valence-electron chi connectivity index (χ4n) is 1.83. The summed E-state index contributed by atoms with van der Waals surface area (Å²) in [7, 11) is 0. The van der Waals surface area contributed by atoms with Crippen LogP contribution >= 0.6 is 23.2 Å². The zero-order valence-electron chi connectivity index (χ0n) is 9.41. The molecular formula is C13H13Cl2NO. The second-order valence-corrected chi connectivity index (χ2v) is 4.82. The van der Waals surface area contributed by atoms with Gasteiger partial charge in [-0.1, -0.05) is 23.2 Å². The third kappa shape index (κ3) is 2.83. The lowest BCUT2D eigenvalue weighted by atomic mass is 10.0. The lowest BCUT2D eigenvalue weighted by Crippen LogP contribution is -2.13. The summed E-state index contributed by atoms with van der Waals surface area (Å²) in [4.78, 5) is 0. The SMILES string of the molecule is Cc1occc1C(N)Cc1cc(Cl)ccc1Cl. The predicted octanol–water partition coefficient (Wildman–Crippen LogP) is 4.14. The molecular weight excluding hydrogens is 257 g/mol. The smallest absolute Gasteiger partial charge is 0.105 e. The van der Waals surface area contributed by atoms with Gasteiger partial charge in [-0.2, -0.15) is 0 Å². The van der Waals surface area contributed by atoms with Gasteiger partial charge in [-0.25, -0.2) is 0 Å². The summed E-state index contributed by atoms with van der Waals surface area (Å²) in [5.74, 6) is 0.843. The number of benzene rings is 1. The van der Waals surface area contributed by atoms with Crippen molar-refractivity contribution in [3.05, 3.63) is 57.5 Å². The molecule has 1 heterocycles. The molecule has 90 valence electrons. The van der Waals surface area contributed by atoms with E-state index in [1.54, 1.807) is 18.4 Å². The van der Waals surface area contributed by atoms with Gasteiger partial charge in [0.2, 0.25) is 0 Å². The Kier molecular flexibility index (Phi) is 3.77. The van der Waals surface area contributed by atoms with Crippen molar-refractivity contribution in [3.63, 3.8) is 0 Å². The van der Waals surface area contributed by atoms with Crippen LogP contribution in [0.2, 0.25) is 10.0 Å². The topological polar surface area (TPSA) is 39.2 Å². The Labute approximate surface area is 110 Å². The first-order chi connectivity index (χ1) is 8.08. The van der Waals surface area contributed by atoms with Crippen molar-refractivity contribution in [2.45, 2.75) is 19.4 Å². The van der Waals surface area contributed by atoms with Gasteiger partial charge in [0.05, 0.1) is 6.26 Å². The Hall–Kier alpha value is -0.960. The number of hydrogen-bond acceptors (Lipinski definition) is 2. The molecule has 17 heavy (non-hydrogen) atoms. The second kappa shape index (κ2) is 5.13. The highest BCUT2D eigenvalue weighted by molar-refractivity contribution is 6.33. The van der Waals surface area contributed by atoms with Crippen LogP contribution in [0.5, 0.6) is 0 Å². The van der Waals surface area contributed by atoms with Crippen LogP contribution in [0.25, 0.3) is 0 Å².